The van der Waals surface area contributed by atoms with Gasteiger partial charge in [-0.3, -0.25) is 4.79 Å². The van der Waals surface area contributed by atoms with Crippen molar-refractivity contribution in [3.05, 3.63) is 84.2 Å². The molecule has 2 N–H and O–H groups in total. The molecule has 3 aromatic rings. The number of aromatic nitrogens is 2. The maximum absolute atomic E-state index is 12.6. The lowest BCUT2D eigenvalue weighted by Crippen LogP contribution is -2.23. The van der Waals surface area contributed by atoms with Crippen LogP contribution in [0.5, 0.6) is 0 Å². The Hall–Kier alpha value is -2.72. The Morgan fingerprint density at radius 1 is 0.952 bits per heavy atom. The number of hydrogen-bond acceptors (Lipinski definition) is 3. The normalized spacial score (nSPS) is 12.0. The number of Topliss-reactive ketones (excluding diaryl/α,β-unsaturated/α-hetero) is 1. The van der Waals surface area contributed by atoms with E-state index in [1.807, 2.05) is 60.7 Å². The molecule has 21 heavy (non-hydrogen) atoms. The number of ketones is 1. The molecule has 0 aliphatic carbocycles. The van der Waals surface area contributed by atoms with Gasteiger partial charge in [-0.05, 0) is 23.8 Å². The van der Waals surface area contributed by atoms with Crippen molar-refractivity contribution in [3.63, 3.8) is 0 Å². The Labute approximate surface area is 122 Å². The molecule has 2 aromatic carbocycles. The zero-order valence-electron chi connectivity index (χ0n) is 11.4. The fourth-order valence-electron chi connectivity index (χ4n) is 2.24. The van der Waals surface area contributed by atoms with Crippen LogP contribution in [0.3, 0.4) is 0 Å². The van der Waals surface area contributed by atoms with Gasteiger partial charge < -0.3 is 5.73 Å². The van der Waals surface area contributed by atoms with Gasteiger partial charge in [-0.2, -0.15) is 5.10 Å². The molecule has 0 radical (unpaired) electrons. The first-order chi connectivity index (χ1) is 10.3. The molecule has 4 heteroatoms. The van der Waals surface area contributed by atoms with Crippen molar-refractivity contribution in [2.75, 3.05) is 0 Å². The zero-order chi connectivity index (χ0) is 14.7. The monoisotopic (exact) mass is 277 g/mol. The highest BCUT2D eigenvalue weighted by molar-refractivity contribution is 5.99. The second kappa shape index (κ2) is 5.73. The molecule has 0 aliphatic heterocycles. The highest BCUT2D eigenvalue weighted by Crippen LogP contribution is 2.18. The molecule has 1 atom stereocenters. The summed E-state index contributed by atoms with van der Waals surface area (Å²) in [6, 6.07) is 19.9. The zero-order valence-corrected chi connectivity index (χ0v) is 11.4. The van der Waals surface area contributed by atoms with Crippen molar-refractivity contribution >= 4 is 5.78 Å². The fourth-order valence-corrected chi connectivity index (χ4v) is 2.24. The van der Waals surface area contributed by atoms with E-state index in [-0.39, 0.29) is 5.78 Å². The summed E-state index contributed by atoms with van der Waals surface area (Å²) >= 11 is 0. The van der Waals surface area contributed by atoms with E-state index in [1.165, 1.54) is 0 Å². The van der Waals surface area contributed by atoms with Crippen LogP contribution in [0, 0.1) is 0 Å². The lowest BCUT2D eigenvalue weighted by molar-refractivity contribution is 0.0953. The first-order valence-corrected chi connectivity index (χ1v) is 6.71. The highest BCUT2D eigenvalue weighted by Gasteiger charge is 2.21. The molecule has 0 bridgehead atoms. The third-order valence-corrected chi connectivity index (χ3v) is 3.34. The van der Waals surface area contributed by atoms with Gasteiger partial charge in [0.05, 0.1) is 17.9 Å². The van der Waals surface area contributed by atoms with Gasteiger partial charge in [0, 0.05) is 0 Å². The second-order valence-electron chi connectivity index (χ2n) is 4.72. The standard InChI is InChI=1S/C17H15N3O/c18-16(13-7-3-1-4-8-13)17(21)15-11-12-19-20(15)14-9-5-2-6-10-14/h1-12,16H,18H2. The average Bonchev–Trinajstić information content (AvgIpc) is 3.04. The summed E-state index contributed by atoms with van der Waals surface area (Å²) in [5, 5.41) is 4.22. The third-order valence-electron chi connectivity index (χ3n) is 3.34. The second-order valence-corrected chi connectivity index (χ2v) is 4.72. The van der Waals surface area contributed by atoms with Crippen LogP contribution in [0.25, 0.3) is 5.69 Å². The van der Waals surface area contributed by atoms with E-state index in [0.717, 1.165) is 11.3 Å². The van der Waals surface area contributed by atoms with Crippen LogP contribution in [-0.2, 0) is 0 Å². The van der Waals surface area contributed by atoms with Crippen LogP contribution < -0.4 is 5.73 Å². The predicted molar refractivity (Wildman–Crippen MR) is 81.3 cm³/mol. The smallest absolute Gasteiger partial charge is 0.202 e. The van der Waals surface area contributed by atoms with Gasteiger partial charge in [0.1, 0.15) is 5.69 Å². The minimum atomic E-state index is -0.689. The highest BCUT2D eigenvalue weighted by atomic mass is 16.1. The molecule has 0 fully saturated rings. The van der Waals surface area contributed by atoms with Crippen LogP contribution in [0.4, 0.5) is 0 Å². The molecule has 0 saturated heterocycles. The summed E-state index contributed by atoms with van der Waals surface area (Å²) < 4.78 is 1.62. The molecule has 4 nitrogen and oxygen atoms in total. The molecule has 0 amide bonds. The van der Waals surface area contributed by atoms with Crippen molar-refractivity contribution in [2.45, 2.75) is 6.04 Å². The van der Waals surface area contributed by atoms with Crippen LogP contribution in [-0.4, -0.2) is 15.6 Å². The molecule has 104 valence electrons. The lowest BCUT2D eigenvalue weighted by Gasteiger charge is -2.12. The Bertz CT molecular complexity index is 735. The molecule has 0 spiro atoms. The Kier molecular flexibility index (Phi) is 3.62. The van der Waals surface area contributed by atoms with Crippen LogP contribution in [0.2, 0.25) is 0 Å². The van der Waals surface area contributed by atoms with E-state index in [2.05, 4.69) is 5.10 Å². The number of rotatable bonds is 4. The van der Waals surface area contributed by atoms with E-state index >= 15 is 0 Å². The number of para-hydroxylation sites is 1. The molecular weight excluding hydrogens is 262 g/mol. The topological polar surface area (TPSA) is 60.9 Å². The minimum absolute atomic E-state index is 0.150. The van der Waals surface area contributed by atoms with Gasteiger partial charge in [0.2, 0.25) is 5.78 Å². The number of carbonyl (C=O) groups excluding carboxylic acids is 1. The molecule has 3 rings (SSSR count). The van der Waals surface area contributed by atoms with E-state index < -0.39 is 6.04 Å². The number of carbonyl (C=O) groups is 1. The Morgan fingerprint density at radius 3 is 2.24 bits per heavy atom. The third kappa shape index (κ3) is 2.61. The Morgan fingerprint density at radius 2 is 1.57 bits per heavy atom. The summed E-state index contributed by atoms with van der Waals surface area (Å²) in [4.78, 5) is 12.6. The summed E-state index contributed by atoms with van der Waals surface area (Å²) in [6.07, 6.45) is 1.61. The van der Waals surface area contributed by atoms with Crippen molar-refractivity contribution in [3.8, 4) is 5.69 Å². The number of hydrogen-bond donors (Lipinski definition) is 1. The molecule has 0 aliphatic rings. The maximum Gasteiger partial charge on any atom is 0.202 e. The van der Waals surface area contributed by atoms with E-state index in [0.29, 0.717) is 5.69 Å². The summed E-state index contributed by atoms with van der Waals surface area (Å²) in [5.74, 6) is -0.150. The van der Waals surface area contributed by atoms with Gasteiger partial charge in [0.15, 0.2) is 0 Å². The van der Waals surface area contributed by atoms with Gasteiger partial charge in [-0.1, -0.05) is 48.5 Å². The van der Waals surface area contributed by atoms with Crippen molar-refractivity contribution < 1.29 is 4.79 Å². The van der Waals surface area contributed by atoms with Crippen molar-refractivity contribution in [2.24, 2.45) is 5.73 Å². The van der Waals surface area contributed by atoms with Crippen LogP contribution >= 0.6 is 0 Å². The van der Waals surface area contributed by atoms with Crippen LogP contribution in [0.1, 0.15) is 22.1 Å². The van der Waals surface area contributed by atoms with E-state index in [1.54, 1.807) is 16.9 Å². The Balaban J connectivity index is 1.95. The SMILES string of the molecule is NC(C(=O)c1ccnn1-c1ccccc1)c1ccccc1. The average molecular weight is 277 g/mol. The van der Waals surface area contributed by atoms with Gasteiger partial charge >= 0.3 is 0 Å². The van der Waals surface area contributed by atoms with E-state index in [9.17, 15) is 4.79 Å². The number of nitrogens with two attached hydrogens (primary N) is 1. The van der Waals surface area contributed by atoms with Crippen molar-refractivity contribution in [1.29, 1.82) is 0 Å². The van der Waals surface area contributed by atoms with Crippen molar-refractivity contribution in [1.82, 2.24) is 9.78 Å². The molecule has 1 heterocycles. The molecule has 0 saturated carbocycles. The minimum Gasteiger partial charge on any atom is -0.317 e. The first kappa shape index (κ1) is 13.3. The van der Waals surface area contributed by atoms with Gasteiger partial charge in [-0.25, -0.2) is 4.68 Å². The summed E-state index contributed by atoms with van der Waals surface area (Å²) in [6.45, 7) is 0. The first-order valence-electron chi connectivity index (χ1n) is 6.71. The van der Waals surface area contributed by atoms with Crippen LogP contribution in [0.15, 0.2) is 72.9 Å². The fraction of sp³-hybridized carbons (Fsp3) is 0.0588. The van der Waals surface area contributed by atoms with Gasteiger partial charge in [0.25, 0.3) is 0 Å². The number of nitrogens with zero attached hydrogens (tertiary/aromatic N) is 2. The number of benzene rings is 2. The molecular formula is C17H15N3O. The largest absolute Gasteiger partial charge is 0.317 e. The predicted octanol–water partition coefficient (Wildman–Crippen LogP) is 2.76. The lowest BCUT2D eigenvalue weighted by atomic mass is 10.0. The molecule has 1 aromatic heterocycles. The summed E-state index contributed by atoms with van der Waals surface area (Å²) in [7, 11) is 0. The maximum atomic E-state index is 12.6. The van der Waals surface area contributed by atoms with Gasteiger partial charge in [-0.15, -0.1) is 0 Å². The quantitative estimate of drug-likeness (QED) is 0.746. The van der Waals surface area contributed by atoms with E-state index in [4.69, 9.17) is 5.73 Å². The molecule has 1 unspecified atom stereocenters. The summed E-state index contributed by atoms with van der Waals surface area (Å²) in [5.41, 5.74) is 8.20.